The smallest absolute Gasteiger partial charge is 0.220 e. The van der Waals surface area contributed by atoms with Gasteiger partial charge in [0, 0.05) is 19.0 Å². The molecular weight excluding hydrogens is 284 g/mol. The minimum absolute atomic E-state index is 0. The van der Waals surface area contributed by atoms with Crippen molar-refractivity contribution in [2.75, 3.05) is 6.54 Å². The highest BCUT2D eigenvalue weighted by molar-refractivity contribution is 5.85. The van der Waals surface area contributed by atoms with Crippen LogP contribution in [0, 0.1) is 5.92 Å². The van der Waals surface area contributed by atoms with Crippen molar-refractivity contribution in [2.45, 2.75) is 52.0 Å². The molecule has 0 fully saturated rings. The van der Waals surface area contributed by atoms with Gasteiger partial charge in [0.05, 0.1) is 0 Å². The third kappa shape index (κ3) is 8.08. The predicted molar refractivity (Wildman–Crippen MR) is 91.6 cm³/mol. The standard InChI is InChI=1S/C17H28N2O.ClH/c1-3-5-9-14(4-2)12-17(20)19-13-16(18)15-10-7-6-8-11-15;/h6-8,10-11,14,16H,3-5,9,12-13,18H2,1-2H3,(H,19,20);1H. The van der Waals surface area contributed by atoms with E-state index < -0.39 is 0 Å². The Kier molecular flexibility index (Phi) is 11.0. The summed E-state index contributed by atoms with van der Waals surface area (Å²) in [6, 6.07) is 9.76. The molecule has 1 aromatic carbocycles. The van der Waals surface area contributed by atoms with Gasteiger partial charge in [0.1, 0.15) is 0 Å². The summed E-state index contributed by atoms with van der Waals surface area (Å²) in [5, 5.41) is 2.96. The van der Waals surface area contributed by atoms with Crippen molar-refractivity contribution in [2.24, 2.45) is 11.7 Å². The lowest BCUT2D eigenvalue weighted by atomic mass is 9.95. The number of unbranched alkanes of at least 4 members (excludes halogenated alkanes) is 1. The molecule has 21 heavy (non-hydrogen) atoms. The van der Waals surface area contributed by atoms with E-state index in [9.17, 15) is 4.79 Å². The van der Waals surface area contributed by atoms with Crippen LogP contribution in [0.15, 0.2) is 30.3 Å². The molecule has 0 aliphatic heterocycles. The number of nitrogens with two attached hydrogens (primary N) is 1. The van der Waals surface area contributed by atoms with Crippen LogP contribution >= 0.6 is 12.4 Å². The first kappa shape index (κ1) is 19.9. The maximum absolute atomic E-state index is 11.9. The minimum Gasteiger partial charge on any atom is -0.354 e. The van der Waals surface area contributed by atoms with E-state index in [4.69, 9.17) is 5.73 Å². The molecule has 0 aromatic heterocycles. The first-order chi connectivity index (χ1) is 9.67. The number of hydrogen-bond acceptors (Lipinski definition) is 2. The van der Waals surface area contributed by atoms with Crippen molar-refractivity contribution < 1.29 is 4.79 Å². The van der Waals surface area contributed by atoms with E-state index in [-0.39, 0.29) is 24.4 Å². The van der Waals surface area contributed by atoms with Crippen LogP contribution in [0.25, 0.3) is 0 Å². The zero-order valence-electron chi connectivity index (χ0n) is 13.2. The second-order valence-corrected chi connectivity index (χ2v) is 5.44. The first-order valence-electron chi connectivity index (χ1n) is 7.74. The number of halogens is 1. The Morgan fingerprint density at radius 3 is 2.48 bits per heavy atom. The first-order valence-corrected chi connectivity index (χ1v) is 7.74. The maximum Gasteiger partial charge on any atom is 0.220 e. The van der Waals surface area contributed by atoms with Gasteiger partial charge in [0.25, 0.3) is 0 Å². The number of hydrogen-bond donors (Lipinski definition) is 2. The van der Waals surface area contributed by atoms with Crippen molar-refractivity contribution in [1.82, 2.24) is 5.32 Å². The summed E-state index contributed by atoms with van der Waals surface area (Å²) in [5.74, 6) is 0.627. The lowest BCUT2D eigenvalue weighted by Crippen LogP contribution is -2.32. The normalized spacial score (nSPS) is 13.1. The highest BCUT2D eigenvalue weighted by Gasteiger charge is 2.13. The molecule has 2 atom stereocenters. The molecule has 2 unspecified atom stereocenters. The van der Waals surface area contributed by atoms with Gasteiger partial charge in [0.15, 0.2) is 0 Å². The van der Waals surface area contributed by atoms with Crippen LogP contribution in [-0.4, -0.2) is 12.5 Å². The monoisotopic (exact) mass is 312 g/mol. The summed E-state index contributed by atoms with van der Waals surface area (Å²) in [7, 11) is 0. The van der Waals surface area contributed by atoms with Crippen molar-refractivity contribution in [3.63, 3.8) is 0 Å². The Morgan fingerprint density at radius 1 is 1.24 bits per heavy atom. The van der Waals surface area contributed by atoms with Crippen molar-refractivity contribution in [3.8, 4) is 0 Å². The number of rotatable bonds is 9. The Morgan fingerprint density at radius 2 is 1.90 bits per heavy atom. The van der Waals surface area contributed by atoms with Crippen molar-refractivity contribution in [3.05, 3.63) is 35.9 Å². The molecule has 1 aromatic rings. The molecule has 3 N–H and O–H groups in total. The van der Waals surface area contributed by atoms with Crippen molar-refractivity contribution in [1.29, 1.82) is 0 Å². The summed E-state index contributed by atoms with van der Waals surface area (Å²) in [5.41, 5.74) is 7.13. The van der Waals surface area contributed by atoms with Gasteiger partial charge in [0.2, 0.25) is 5.91 Å². The maximum atomic E-state index is 11.9. The van der Waals surface area contributed by atoms with Gasteiger partial charge in [-0.1, -0.05) is 63.4 Å². The van der Waals surface area contributed by atoms with E-state index in [0.29, 0.717) is 18.9 Å². The van der Waals surface area contributed by atoms with E-state index >= 15 is 0 Å². The van der Waals surface area contributed by atoms with Gasteiger partial charge in [-0.3, -0.25) is 4.79 Å². The molecule has 0 spiro atoms. The molecule has 1 amide bonds. The van der Waals surface area contributed by atoms with Crippen molar-refractivity contribution >= 4 is 18.3 Å². The summed E-state index contributed by atoms with van der Waals surface area (Å²) in [6.45, 7) is 4.85. The number of carbonyl (C=O) groups excluding carboxylic acids is 1. The number of nitrogens with one attached hydrogen (secondary N) is 1. The van der Waals surface area contributed by atoms with Crippen LogP contribution < -0.4 is 11.1 Å². The zero-order chi connectivity index (χ0) is 14.8. The van der Waals surface area contributed by atoms with Gasteiger partial charge in [-0.25, -0.2) is 0 Å². The summed E-state index contributed by atoms with van der Waals surface area (Å²) < 4.78 is 0. The van der Waals surface area contributed by atoms with Crippen LogP contribution in [0.4, 0.5) is 0 Å². The highest BCUT2D eigenvalue weighted by Crippen LogP contribution is 2.16. The van der Waals surface area contributed by atoms with E-state index in [0.717, 1.165) is 18.4 Å². The SMILES string of the molecule is CCCCC(CC)CC(=O)NCC(N)c1ccccc1.Cl. The quantitative estimate of drug-likeness (QED) is 0.728. The summed E-state index contributed by atoms with van der Waals surface area (Å²) in [6.07, 6.45) is 5.23. The molecule has 120 valence electrons. The lowest BCUT2D eigenvalue weighted by molar-refractivity contribution is -0.122. The molecule has 3 nitrogen and oxygen atoms in total. The third-order valence-electron chi connectivity index (χ3n) is 3.76. The molecule has 0 heterocycles. The fraction of sp³-hybridized carbons (Fsp3) is 0.588. The Balaban J connectivity index is 0.00000400. The van der Waals surface area contributed by atoms with Crippen LogP contribution in [0.5, 0.6) is 0 Å². The fourth-order valence-electron chi connectivity index (χ4n) is 2.32. The van der Waals surface area contributed by atoms with E-state index in [1.54, 1.807) is 0 Å². The van der Waals surface area contributed by atoms with Gasteiger partial charge < -0.3 is 11.1 Å². The highest BCUT2D eigenvalue weighted by atomic mass is 35.5. The van der Waals surface area contributed by atoms with Gasteiger partial charge >= 0.3 is 0 Å². The molecular formula is C17H29ClN2O. The van der Waals surface area contributed by atoms with Crippen LogP contribution in [0.1, 0.15) is 57.6 Å². The molecule has 0 bridgehead atoms. The Bertz CT molecular complexity index is 384. The predicted octanol–water partition coefficient (Wildman–Crippen LogP) is 3.83. The summed E-state index contributed by atoms with van der Waals surface area (Å²) >= 11 is 0. The molecule has 0 saturated heterocycles. The van der Waals surface area contributed by atoms with Gasteiger partial charge in [-0.2, -0.15) is 0 Å². The largest absolute Gasteiger partial charge is 0.354 e. The van der Waals surface area contributed by atoms with E-state index in [1.165, 1.54) is 12.8 Å². The van der Waals surface area contributed by atoms with Crippen LogP contribution in [-0.2, 0) is 4.79 Å². The number of amides is 1. The molecule has 1 rings (SSSR count). The topological polar surface area (TPSA) is 55.1 Å². The minimum atomic E-state index is -0.129. The lowest BCUT2D eigenvalue weighted by Gasteiger charge is -2.16. The average Bonchev–Trinajstić information content (AvgIpc) is 2.49. The molecule has 0 aliphatic rings. The van der Waals surface area contributed by atoms with Crippen LogP contribution in [0.2, 0.25) is 0 Å². The number of carbonyl (C=O) groups is 1. The number of benzene rings is 1. The second kappa shape index (κ2) is 11.6. The van der Waals surface area contributed by atoms with Gasteiger partial charge in [-0.15, -0.1) is 12.4 Å². The van der Waals surface area contributed by atoms with Crippen LogP contribution in [0.3, 0.4) is 0 Å². The Labute approximate surface area is 135 Å². The molecule has 0 saturated carbocycles. The molecule has 0 aliphatic carbocycles. The fourth-order valence-corrected chi connectivity index (χ4v) is 2.32. The third-order valence-corrected chi connectivity index (χ3v) is 3.76. The average molecular weight is 313 g/mol. The summed E-state index contributed by atoms with van der Waals surface area (Å²) in [4.78, 5) is 11.9. The van der Waals surface area contributed by atoms with E-state index in [2.05, 4.69) is 19.2 Å². The molecule has 4 heteroatoms. The molecule has 0 radical (unpaired) electrons. The van der Waals surface area contributed by atoms with Gasteiger partial charge in [-0.05, 0) is 17.9 Å². The van der Waals surface area contributed by atoms with E-state index in [1.807, 2.05) is 30.3 Å². The zero-order valence-corrected chi connectivity index (χ0v) is 14.0. The Hall–Kier alpha value is -1.06. The second-order valence-electron chi connectivity index (χ2n) is 5.44.